The molecule has 8 aromatic rings. The van der Waals surface area contributed by atoms with Crippen LogP contribution in [-0.4, -0.2) is 85.7 Å². The van der Waals surface area contributed by atoms with Crippen molar-refractivity contribution in [2.45, 2.75) is 31.4 Å². The molecule has 0 amide bonds. The van der Waals surface area contributed by atoms with Crippen LogP contribution in [0.1, 0.15) is 9.84 Å². The fraction of sp³-hybridized carbons (Fsp3) is 0.0256. The number of nitrogen functional groups attached to an aromatic ring is 1. The Morgan fingerprint density at radius 2 is 0.913 bits per heavy atom. The average Bonchev–Trinajstić information content (AvgIpc) is 3.98. The maximum absolute atomic E-state index is 14.0. The van der Waals surface area contributed by atoms with Crippen LogP contribution in [0.15, 0.2) is 109 Å². The second-order valence-corrected chi connectivity index (χ2v) is 22.4. The maximum atomic E-state index is 14.0. The van der Waals surface area contributed by atoms with Gasteiger partial charge in [0.25, 0.3) is 10.0 Å². The molecule has 30 heteroatoms. The molecule has 3 aromatic heterocycles. The molecule has 5 heterocycles. The predicted molar refractivity (Wildman–Crippen MR) is 239 cm³/mol. The van der Waals surface area contributed by atoms with Crippen LogP contribution < -0.4 is 25.6 Å². The summed E-state index contributed by atoms with van der Waals surface area (Å²) in [6.07, 6.45) is 0. The Bertz CT molecular complexity index is 4440. The van der Waals surface area contributed by atoms with Gasteiger partial charge in [-0.1, -0.05) is 18.2 Å². The first kappa shape index (κ1) is 47.2. The quantitative estimate of drug-likeness (QED) is 0.117. The minimum atomic E-state index is -5.10. The van der Waals surface area contributed by atoms with Crippen LogP contribution in [0, 0.1) is 6.92 Å². The van der Waals surface area contributed by atoms with Gasteiger partial charge in [-0.05, 0) is 101 Å². The minimum Gasteiger partial charge on any atom is -0.744 e. The molecule has 0 unspecified atom stereocenters. The molecule has 0 aliphatic carbocycles. The molecule has 2 aliphatic rings. The summed E-state index contributed by atoms with van der Waals surface area (Å²) in [5.74, 6) is -0.812. The van der Waals surface area contributed by atoms with Gasteiger partial charge in [0, 0.05) is 50.5 Å². The van der Waals surface area contributed by atoms with Crippen molar-refractivity contribution in [3.8, 4) is 45.6 Å². The minimum absolute atomic E-state index is 0. The zero-order valence-corrected chi connectivity index (χ0v) is 39.0. The number of nitrogens with two attached hydrogens (primary N) is 2. The molecule has 355 valence electrons. The number of hydrogen-bond acceptors (Lipinski definition) is 20. The van der Waals surface area contributed by atoms with Gasteiger partial charge in [-0.2, -0.15) is 0 Å². The zero-order valence-electron chi connectivity index (χ0n) is 37.0. The molecule has 0 saturated carbocycles. The number of rotatable bonds is 7. The van der Waals surface area contributed by atoms with E-state index in [4.69, 9.17) is 10.9 Å². The van der Waals surface area contributed by atoms with Gasteiger partial charge in [0.2, 0.25) is 10.0 Å². The van der Waals surface area contributed by atoms with E-state index in [2.05, 4.69) is 44.6 Å². The zero-order chi connectivity index (χ0) is 48.6. The van der Waals surface area contributed by atoms with Crippen LogP contribution in [0.25, 0.3) is 89.7 Å². The summed E-state index contributed by atoms with van der Waals surface area (Å²) in [5.41, 5.74) is 4.61. The van der Waals surface area contributed by atoms with Crippen molar-refractivity contribution in [3.63, 3.8) is 0 Å². The Hall–Kier alpha value is -6.83. The Morgan fingerprint density at radius 3 is 1.46 bits per heavy atom. The van der Waals surface area contributed by atoms with Gasteiger partial charge in [-0.15, -0.1) is 0 Å². The fourth-order valence-corrected chi connectivity index (χ4v) is 10.8. The molecule has 5 N–H and O–H groups in total. The summed E-state index contributed by atoms with van der Waals surface area (Å²) in [6.45, 7) is 1.27. The van der Waals surface area contributed by atoms with E-state index < -0.39 is 70.0 Å². The molecule has 69 heavy (non-hydrogen) atoms. The Balaban J connectivity index is 0.00000212. The molecule has 0 fully saturated rings. The number of nitrogens with zero attached hydrogens (tertiary/aromatic N) is 8. The summed E-state index contributed by atoms with van der Waals surface area (Å²) in [5, 5.41) is 5.60. The molecular formula is C39H25CuN11O13S5. The van der Waals surface area contributed by atoms with Crippen molar-refractivity contribution in [2.75, 3.05) is 10.5 Å². The summed E-state index contributed by atoms with van der Waals surface area (Å²) < 4.78 is 164. The van der Waals surface area contributed by atoms with Crippen LogP contribution in [-0.2, 0) is 67.5 Å². The van der Waals surface area contributed by atoms with E-state index in [1.54, 1.807) is 0 Å². The third kappa shape index (κ3) is 8.35. The number of primary sulfonamides is 1. The number of anilines is 2. The van der Waals surface area contributed by atoms with Crippen LogP contribution >= 0.6 is 0 Å². The van der Waals surface area contributed by atoms with Gasteiger partial charge in [0.05, 0.1) is 41.8 Å². The van der Waals surface area contributed by atoms with Crippen molar-refractivity contribution in [1.29, 1.82) is 0 Å². The SMILES string of the molecule is Cc1c(N)cc(NS(=O)(=O)c2ccc3c4nc5[n-]c(nc6nc(nc7nc(nc([n-]4)c3c2)-c2ccc(S(N)(=O)=O)cc2-7)-c2ccc(S(=O)(=O)[O-])cc2-6)c2ccc(S(=O)(=O)[O-])cc52)cc1S(=O)(=O)[O-].[Cu+2].[H+].[H+].[H+]. The third-order valence-corrected chi connectivity index (χ3v) is 15.6. The van der Waals surface area contributed by atoms with Crippen molar-refractivity contribution < 1.29 is 77.1 Å². The van der Waals surface area contributed by atoms with Crippen molar-refractivity contribution in [2.24, 2.45) is 5.14 Å². The molecular weight excluding hydrogens is 1050 g/mol. The molecule has 24 nitrogen and oxygen atoms in total. The van der Waals surface area contributed by atoms with Crippen LogP contribution in [0.3, 0.4) is 0 Å². The van der Waals surface area contributed by atoms with Gasteiger partial charge in [-0.3, -0.25) is 4.72 Å². The molecule has 10 rings (SSSR count). The summed E-state index contributed by atoms with van der Waals surface area (Å²) >= 11 is 0. The van der Waals surface area contributed by atoms with E-state index in [1.807, 2.05) is 0 Å². The van der Waals surface area contributed by atoms with Crippen molar-refractivity contribution in [1.82, 2.24) is 39.9 Å². The van der Waals surface area contributed by atoms with Crippen LogP contribution in [0.4, 0.5) is 11.4 Å². The van der Waals surface area contributed by atoms with E-state index in [9.17, 15) is 55.7 Å². The van der Waals surface area contributed by atoms with Gasteiger partial charge in [-0.25, -0.2) is 62.2 Å². The molecule has 8 bridgehead atoms. The first-order valence-electron chi connectivity index (χ1n) is 18.9. The second kappa shape index (κ2) is 15.9. The van der Waals surface area contributed by atoms with E-state index >= 15 is 0 Å². The Morgan fingerprint density at radius 1 is 0.493 bits per heavy atom. The number of sulfonamides is 2. The molecule has 0 atom stereocenters. The standard InChI is InChI=1S/C39H25N11O13S5.Cu/c1-16-30(40)10-17(11-31(16)68(61,62)63)50-65(53,54)19-3-7-23-27(13-19)37-44-32-22-6-2-18(64(41,51)52)12-26(22)36(42-32)43-34-24-8-4-20(66(55,56)57)14-28(24)39(47-34)49-35-25-9-5-21(67(58,59)60)15-29(25)38(48-35)46-33(23)45-37;/h2-15,50H,40H2,1H3,(H5-2,41,42,43,44,45,46,47,48,49,51,52,55,56,57,58,59,60,61,62,63);/q-2;+2. The molecule has 0 saturated heterocycles. The van der Waals surface area contributed by atoms with Gasteiger partial charge in [0.15, 0.2) is 11.6 Å². The fourth-order valence-electron chi connectivity index (χ4n) is 7.48. The van der Waals surface area contributed by atoms with E-state index in [-0.39, 0.29) is 133 Å². The summed E-state index contributed by atoms with van der Waals surface area (Å²) in [4.78, 5) is 33.7. The second-order valence-electron chi connectivity index (χ2n) is 15.0. The normalized spacial score (nSPS) is 12.9. The number of nitrogens with one attached hydrogen (secondary N) is 1. The monoisotopic (exact) mass is 1080 g/mol. The summed E-state index contributed by atoms with van der Waals surface area (Å²) in [6, 6.07) is 15.5. The summed E-state index contributed by atoms with van der Waals surface area (Å²) in [7, 11) is -24.2. The first-order valence-corrected chi connectivity index (χ1v) is 26.1. The van der Waals surface area contributed by atoms with Gasteiger partial charge >= 0.3 is 21.3 Å². The Labute approximate surface area is 403 Å². The Kier molecular flexibility index (Phi) is 10.9. The molecule has 1 radical (unpaired) electrons. The van der Waals surface area contributed by atoms with E-state index in [0.29, 0.717) is 0 Å². The molecule has 0 spiro atoms. The average molecular weight is 1080 g/mol. The third-order valence-electron chi connectivity index (χ3n) is 10.7. The van der Waals surface area contributed by atoms with Crippen molar-refractivity contribution >= 4 is 106 Å². The van der Waals surface area contributed by atoms with Crippen molar-refractivity contribution in [3.05, 3.63) is 90.5 Å². The maximum Gasteiger partial charge on any atom is 2.00 e. The predicted octanol–water partition coefficient (Wildman–Crippen LogP) is 2.51. The van der Waals surface area contributed by atoms with Gasteiger partial charge < -0.3 is 44.3 Å². The number of fused-ring (bicyclic) bond motifs is 20. The van der Waals surface area contributed by atoms with Crippen LogP contribution in [0.5, 0.6) is 0 Å². The number of benzene rings is 5. The topological polar surface area (TPSA) is 409 Å². The number of hydrogen-bond donors (Lipinski definition) is 3. The first-order chi connectivity index (χ1) is 31.7. The van der Waals surface area contributed by atoms with Gasteiger partial charge in [0.1, 0.15) is 30.4 Å². The largest absolute Gasteiger partial charge is 2.00 e. The van der Waals surface area contributed by atoms with Crippen LogP contribution in [0.2, 0.25) is 0 Å². The number of aromatic nitrogens is 8. The smallest absolute Gasteiger partial charge is 0.744 e. The molecule has 5 aromatic carbocycles. The molecule has 2 aliphatic heterocycles. The van der Waals surface area contributed by atoms with E-state index in [0.717, 1.165) is 60.7 Å². The van der Waals surface area contributed by atoms with E-state index in [1.165, 1.54) is 31.2 Å².